The summed E-state index contributed by atoms with van der Waals surface area (Å²) in [6, 6.07) is 9.92. The van der Waals surface area contributed by atoms with Crippen LogP contribution in [0.3, 0.4) is 0 Å². The van der Waals surface area contributed by atoms with Crippen molar-refractivity contribution in [1.29, 1.82) is 0 Å². The highest BCUT2D eigenvalue weighted by atomic mass is 79.9. The Kier molecular flexibility index (Phi) is 4.33. The van der Waals surface area contributed by atoms with Crippen molar-refractivity contribution in [3.8, 4) is 11.6 Å². The Hall–Kier alpha value is -1.39. The van der Waals surface area contributed by atoms with Gasteiger partial charge in [-0.25, -0.2) is 4.98 Å². The fraction of sp³-hybridized carbons (Fsp3) is 0.214. The normalized spacial score (nSPS) is 10.4. The van der Waals surface area contributed by atoms with E-state index in [9.17, 15) is 0 Å². The van der Waals surface area contributed by atoms with E-state index in [1.165, 1.54) is 5.56 Å². The molecular weight excluding hydrogens is 292 g/mol. The lowest BCUT2D eigenvalue weighted by molar-refractivity contribution is 0.456. The highest BCUT2D eigenvalue weighted by Crippen LogP contribution is 2.25. The van der Waals surface area contributed by atoms with Crippen molar-refractivity contribution in [3.05, 3.63) is 52.1 Å². The van der Waals surface area contributed by atoms with Crippen molar-refractivity contribution in [1.82, 2.24) is 4.98 Å². The summed E-state index contributed by atoms with van der Waals surface area (Å²) in [5.74, 6) is 1.33. The summed E-state index contributed by atoms with van der Waals surface area (Å²) in [4.78, 5) is 4.24. The van der Waals surface area contributed by atoms with E-state index >= 15 is 0 Å². The van der Waals surface area contributed by atoms with Crippen LogP contribution in [-0.4, -0.2) is 4.98 Å². The van der Waals surface area contributed by atoms with Crippen LogP contribution in [0.25, 0.3) is 0 Å². The highest BCUT2D eigenvalue weighted by Gasteiger charge is 2.06. The van der Waals surface area contributed by atoms with Gasteiger partial charge in [-0.1, -0.05) is 19.1 Å². The van der Waals surface area contributed by atoms with Gasteiger partial charge in [0.2, 0.25) is 5.88 Å². The van der Waals surface area contributed by atoms with Crippen molar-refractivity contribution in [2.75, 3.05) is 0 Å². The monoisotopic (exact) mass is 306 g/mol. The molecule has 0 aliphatic carbocycles. The second kappa shape index (κ2) is 5.98. The molecule has 0 atom stereocenters. The first-order valence-electron chi connectivity index (χ1n) is 5.84. The minimum atomic E-state index is 0.398. The van der Waals surface area contributed by atoms with Gasteiger partial charge in [-0.3, -0.25) is 0 Å². The maximum absolute atomic E-state index is 5.74. The lowest BCUT2D eigenvalue weighted by Crippen LogP contribution is -2.01. The van der Waals surface area contributed by atoms with Crippen LogP contribution in [0.4, 0.5) is 0 Å². The maximum Gasteiger partial charge on any atom is 0.223 e. The molecule has 0 aliphatic rings. The molecule has 0 radical (unpaired) electrons. The van der Waals surface area contributed by atoms with Gasteiger partial charge in [0, 0.05) is 22.8 Å². The van der Waals surface area contributed by atoms with Crippen LogP contribution in [0.15, 0.2) is 41.0 Å². The van der Waals surface area contributed by atoms with E-state index in [0.717, 1.165) is 22.2 Å². The van der Waals surface area contributed by atoms with Crippen molar-refractivity contribution >= 4 is 15.9 Å². The lowest BCUT2D eigenvalue weighted by atomic mass is 10.2. The van der Waals surface area contributed by atoms with Gasteiger partial charge in [-0.05, 0) is 46.1 Å². The minimum Gasteiger partial charge on any atom is -0.439 e. The molecule has 1 aromatic carbocycles. The molecular formula is C14H15BrN2O. The van der Waals surface area contributed by atoms with Gasteiger partial charge in [0.15, 0.2) is 0 Å². The summed E-state index contributed by atoms with van der Waals surface area (Å²) < 4.78 is 6.64. The van der Waals surface area contributed by atoms with Gasteiger partial charge in [0.05, 0.1) is 0 Å². The quantitative estimate of drug-likeness (QED) is 0.938. The first kappa shape index (κ1) is 13.1. The topological polar surface area (TPSA) is 48.1 Å². The van der Waals surface area contributed by atoms with E-state index in [1.807, 2.05) is 18.2 Å². The fourth-order valence-electron chi connectivity index (χ4n) is 1.61. The second-order valence-corrected chi connectivity index (χ2v) is 4.84. The second-order valence-electron chi connectivity index (χ2n) is 3.92. The molecule has 4 heteroatoms. The fourth-order valence-corrected chi connectivity index (χ4v) is 1.99. The predicted octanol–water partition coefficient (Wildman–Crippen LogP) is 3.66. The molecule has 0 fully saturated rings. The third kappa shape index (κ3) is 3.09. The molecule has 0 amide bonds. The van der Waals surface area contributed by atoms with Crippen LogP contribution in [0.1, 0.15) is 18.1 Å². The molecule has 0 aliphatic heterocycles. The van der Waals surface area contributed by atoms with Crippen molar-refractivity contribution in [2.24, 2.45) is 5.73 Å². The van der Waals surface area contributed by atoms with Gasteiger partial charge in [-0.2, -0.15) is 0 Å². The Morgan fingerprint density at radius 3 is 2.61 bits per heavy atom. The largest absolute Gasteiger partial charge is 0.439 e. The molecule has 94 valence electrons. The third-order valence-corrected chi connectivity index (χ3v) is 3.09. The molecule has 2 aromatic rings. The zero-order chi connectivity index (χ0) is 13.0. The summed E-state index contributed by atoms with van der Waals surface area (Å²) in [5.41, 5.74) is 7.84. The van der Waals surface area contributed by atoms with E-state index in [0.29, 0.717) is 12.4 Å². The maximum atomic E-state index is 5.74. The van der Waals surface area contributed by atoms with Gasteiger partial charge in [0.25, 0.3) is 0 Å². The Balaban J connectivity index is 2.22. The average molecular weight is 307 g/mol. The van der Waals surface area contributed by atoms with Crippen molar-refractivity contribution < 1.29 is 4.74 Å². The Bertz CT molecular complexity index is 526. The smallest absolute Gasteiger partial charge is 0.223 e. The molecule has 2 N–H and O–H groups in total. The van der Waals surface area contributed by atoms with Gasteiger partial charge in [0.1, 0.15) is 5.75 Å². The SMILES string of the molecule is CCc1ccc(Oc2ncc(Br)cc2CN)cc1. The number of rotatable bonds is 4. The number of nitrogens with two attached hydrogens (primary N) is 1. The molecule has 18 heavy (non-hydrogen) atoms. The minimum absolute atomic E-state index is 0.398. The summed E-state index contributed by atoms with van der Waals surface area (Å²) >= 11 is 3.37. The van der Waals surface area contributed by atoms with Crippen LogP contribution in [0.5, 0.6) is 11.6 Å². The van der Waals surface area contributed by atoms with Crippen molar-refractivity contribution in [2.45, 2.75) is 19.9 Å². The molecule has 3 nitrogen and oxygen atoms in total. The molecule has 0 unspecified atom stereocenters. The molecule has 2 rings (SSSR count). The molecule has 0 bridgehead atoms. The number of hydrogen-bond donors (Lipinski definition) is 1. The van der Waals surface area contributed by atoms with E-state index in [-0.39, 0.29) is 0 Å². The number of hydrogen-bond acceptors (Lipinski definition) is 3. The molecule has 0 saturated carbocycles. The Morgan fingerprint density at radius 2 is 2.00 bits per heavy atom. The first-order valence-corrected chi connectivity index (χ1v) is 6.63. The summed E-state index contributed by atoms with van der Waals surface area (Å²) in [6.45, 7) is 2.52. The number of halogens is 1. The van der Waals surface area contributed by atoms with Crippen LogP contribution < -0.4 is 10.5 Å². The Labute approximate surface area is 115 Å². The Morgan fingerprint density at radius 1 is 1.28 bits per heavy atom. The molecule has 0 spiro atoms. The van der Waals surface area contributed by atoms with Crippen LogP contribution in [0, 0.1) is 0 Å². The predicted molar refractivity (Wildman–Crippen MR) is 75.7 cm³/mol. The summed E-state index contributed by atoms with van der Waals surface area (Å²) in [7, 11) is 0. The zero-order valence-electron chi connectivity index (χ0n) is 10.2. The summed E-state index contributed by atoms with van der Waals surface area (Å²) in [5, 5.41) is 0. The first-order chi connectivity index (χ1) is 8.72. The van der Waals surface area contributed by atoms with Gasteiger partial charge >= 0.3 is 0 Å². The summed E-state index contributed by atoms with van der Waals surface area (Å²) in [6.07, 6.45) is 2.72. The van der Waals surface area contributed by atoms with Crippen LogP contribution >= 0.6 is 15.9 Å². The highest BCUT2D eigenvalue weighted by molar-refractivity contribution is 9.10. The van der Waals surface area contributed by atoms with E-state index in [1.54, 1.807) is 6.20 Å². The van der Waals surface area contributed by atoms with E-state index in [2.05, 4.69) is 40.0 Å². The number of benzene rings is 1. The third-order valence-electron chi connectivity index (χ3n) is 2.66. The van der Waals surface area contributed by atoms with E-state index < -0.39 is 0 Å². The van der Waals surface area contributed by atoms with Crippen LogP contribution in [0.2, 0.25) is 0 Å². The number of ether oxygens (including phenoxy) is 1. The standard InChI is InChI=1S/C14H15BrN2O/c1-2-10-3-5-13(6-4-10)18-14-11(8-16)7-12(15)9-17-14/h3-7,9H,2,8,16H2,1H3. The average Bonchev–Trinajstić information content (AvgIpc) is 2.41. The molecule has 1 heterocycles. The number of pyridine rings is 1. The van der Waals surface area contributed by atoms with Gasteiger partial charge in [-0.15, -0.1) is 0 Å². The number of nitrogens with zero attached hydrogens (tertiary/aromatic N) is 1. The molecule has 0 saturated heterocycles. The van der Waals surface area contributed by atoms with Gasteiger partial charge < -0.3 is 10.5 Å². The zero-order valence-corrected chi connectivity index (χ0v) is 11.8. The number of aromatic nitrogens is 1. The van der Waals surface area contributed by atoms with Crippen molar-refractivity contribution in [3.63, 3.8) is 0 Å². The molecule has 1 aromatic heterocycles. The van der Waals surface area contributed by atoms with Crippen LogP contribution in [-0.2, 0) is 13.0 Å². The number of aryl methyl sites for hydroxylation is 1. The lowest BCUT2D eigenvalue weighted by Gasteiger charge is -2.09. The van der Waals surface area contributed by atoms with E-state index in [4.69, 9.17) is 10.5 Å².